The monoisotopic (exact) mass is 428 g/mol. The number of carbonyl (C=O) groups is 3. The first-order valence-corrected chi connectivity index (χ1v) is 10.3. The third-order valence-corrected chi connectivity index (χ3v) is 5.25. The SMILES string of the molecule is Cc1cccc(NC(=O)CN2C(=O)N/C(=C/c3cccn3-c3ccc(C)cc3C)C2=O)c1. The molecule has 1 aromatic heterocycles. The van der Waals surface area contributed by atoms with Crippen LogP contribution in [0.2, 0.25) is 0 Å². The normalized spacial score (nSPS) is 14.7. The fourth-order valence-electron chi connectivity index (χ4n) is 3.74. The summed E-state index contributed by atoms with van der Waals surface area (Å²) in [5.74, 6) is -0.984. The van der Waals surface area contributed by atoms with E-state index in [4.69, 9.17) is 0 Å². The topological polar surface area (TPSA) is 83.4 Å². The molecule has 0 atom stereocenters. The van der Waals surface area contributed by atoms with Crippen LogP contribution in [0.25, 0.3) is 11.8 Å². The number of hydrogen-bond acceptors (Lipinski definition) is 3. The van der Waals surface area contributed by atoms with E-state index in [1.165, 1.54) is 0 Å². The molecule has 1 fully saturated rings. The molecule has 0 radical (unpaired) electrons. The van der Waals surface area contributed by atoms with Gasteiger partial charge in [-0.2, -0.15) is 0 Å². The van der Waals surface area contributed by atoms with Gasteiger partial charge in [-0.15, -0.1) is 0 Å². The Morgan fingerprint density at radius 1 is 1.00 bits per heavy atom. The maximum absolute atomic E-state index is 12.8. The quantitative estimate of drug-likeness (QED) is 0.477. The molecule has 1 aliphatic rings. The molecule has 2 heterocycles. The van der Waals surface area contributed by atoms with E-state index in [0.717, 1.165) is 33.0 Å². The number of aromatic nitrogens is 1. The van der Waals surface area contributed by atoms with Gasteiger partial charge in [0.2, 0.25) is 5.91 Å². The standard InChI is InChI=1S/C25H24N4O3/c1-16-6-4-7-19(13-16)26-23(30)15-29-24(31)21(27-25(29)32)14-20-8-5-11-28(20)22-10-9-17(2)12-18(22)3/h4-14H,15H2,1-3H3,(H,26,30)(H,27,32)/b21-14+. The Morgan fingerprint density at radius 2 is 1.78 bits per heavy atom. The maximum Gasteiger partial charge on any atom is 0.329 e. The van der Waals surface area contributed by atoms with Crippen molar-refractivity contribution < 1.29 is 14.4 Å². The van der Waals surface area contributed by atoms with Crippen molar-refractivity contribution in [3.8, 4) is 5.69 Å². The summed E-state index contributed by atoms with van der Waals surface area (Å²) in [6.45, 7) is 5.61. The zero-order chi connectivity index (χ0) is 22.8. The van der Waals surface area contributed by atoms with E-state index in [-0.39, 0.29) is 12.2 Å². The average Bonchev–Trinajstić information content (AvgIpc) is 3.28. The first-order chi connectivity index (χ1) is 15.3. The Bertz CT molecular complexity index is 1260. The molecule has 2 aromatic carbocycles. The lowest BCUT2D eigenvalue weighted by atomic mass is 10.1. The molecule has 7 heteroatoms. The van der Waals surface area contributed by atoms with Crippen LogP contribution >= 0.6 is 0 Å². The van der Waals surface area contributed by atoms with Crippen LogP contribution in [0.5, 0.6) is 0 Å². The van der Waals surface area contributed by atoms with Crippen molar-refractivity contribution in [2.24, 2.45) is 0 Å². The predicted molar refractivity (Wildman–Crippen MR) is 123 cm³/mol. The molecule has 3 aromatic rings. The second-order valence-corrected chi connectivity index (χ2v) is 7.89. The van der Waals surface area contributed by atoms with Crippen molar-refractivity contribution in [2.75, 3.05) is 11.9 Å². The van der Waals surface area contributed by atoms with Crippen LogP contribution in [0.15, 0.2) is 66.5 Å². The smallest absolute Gasteiger partial charge is 0.325 e. The number of nitrogens with zero attached hydrogens (tertiary/aromatic N) is 2. The molecule has 0 aliphatic carbocycles. The predicted octanol–water partition coefficient (Wildman–Crippen LogP) is 3.93. The van der Waals surface area contributed by atoms with Crippen molar-refractivity contribution in [3.05, 3.63) is 88.9 Å². The molecule has 32 heavy (non-hydrogen) atoms. The fraction of sp³-hybridized carbons (Fsp3) is 0.160. The summed E-state index contributed by atoms with van der Waals surface area (Å²) in [7, 11) is 0. The molecule has 0 spiro atoms. The Hall–Kier alpha value is -4.13. The third-order valence-electron chi connectivity index (χ3n) is 5.25. The number of carbonyl (C=O) groups excluding carboxylic acids is 3. The number of aryl methyl sites for hydroxylation is 3. The van der Waals surface area contributed by atoms with Gasteiger partial charge in [-0.3, -0.25) is 9.59 Å². The summed E-state index contributed by atoms with van der Waals surface area (Å²) in [6.07, 6.45) is 3.52. The van der Waals surface area contributed by atoms with Crippen molar-refractivity contribution >= 4 is 29.6 Å². The van der Waals surface area contributed by atoms with Crippen LogP contribution in [0.1, 0.15) is 22.4 Å². The lowest BCUT2D eigenvalue weighted by Crippen LogP contribution is -2.38. The fourth-order valence-corrected chi connectivity index (χ4v) is 3.74. The van der Waals surface area contributed by atoms with Crippen molar-refractivity contribution in [1.29, 1.82) is 0 Å². The summed E-state index contributed by atoms with van der Waals surface area (Å²) in [6, 6.07) is 16.6. The highest BCUT2D eigenvalue weighted by Crippen LogP contribution is 2.21. The van der Waals surface area contributed by atoms with E-state index in [2.05, 4.69) is 16.7 Å². The van der Waals surface area contributed by atoms with Gasteiger partial charge in [-0.25, -0.2) is 9.69 Å². The van der Waals surface area contributed by atoms with Gasteiger partial charge in [-0.1, -0.05) is 29.8 Å². The number of nitrogens with one attached hydrogen (secondary N) is 2. The Labute approximate surface area is 186 Å². The van der Waals surface area contributed by atoms with E-state index in [1.807, 2.05) is 74.0 Å². The number of urea groups is 1. The van der Waals surface area contributed by atoms with Crippen molar-refractivity contribution in [3.63, 3.8) is 0 Å². The maximum atomic E-state index is 12.8. The van der Waals surface area contributed by atoms with Crippen molar-refractivity contribution in [2.45, 2.75) is 20.8 Å². The number of hydrogen-bond donors (Lipinski definition) is 2. The Kier molecular flexibility index (Phi) is 5.64. The molecule has 4 rings (SSSR count). The highest BCUT2D eigenvalue weighted by atomic mass is 16.2. The largest absolute Gasteiger partial charge is 0.329 e. The number of benzene rings is 2. The summed E-state index contributed by atoms with van der Waals surface area (Å²) in [5.41, 5.74) is 5.72. The minimum Gasteiger partial charge on any atom is -0.325 e. The van der Waals surface area contributed by atoms with Gasteiger partial charge in [0.05, 0.1) is 0 Å². The summed E-state index contributed by atoms with van der Waals surface area (Å²) in [5, 5.41) is 5.29. The van der Waals surface area contributed by atoms with E-state index < -0.39 is 17.8 Å². The van der Waals surface area contributed by atoms with Crippen LogP contribution < -0.4 is 10.6 Å². The first kappa shape index (κ1) is 21.1. The lowest BCUT2D eigenvalue weighted by Gasteiger charge is -2.12. The van der Waals surface area contributed by atoms with E-state index in [0.29, 0.717) is 5.69 Å². The summed E-state index contributed by atoms with van der Waals surface area (Å²) in [4.78, 5) is 38.5. The summed E-state index contributed by atoms with van der Waals surface area (Å²) < 4.78 is 1.95. The zero-order valence-electron chi connectivity index (χ0n) is 18.2. The molecule has 0 unspecified atom stereocenters. The van der Waals surface area contributed by atoms with Gasteiger partial charge in [0.25, 0.3) is 5.91 Å². The molecule has 4 amide bonds. The second kappa shape index (κ2) is 8.55. The molecule has 162 valence electrons. The molecular formula is C25H24N4O3. The number of anilines is 1. The molecule has 0 bridgehead atoms. The molecule has 1 aliphatic heterocycles. The van der Waals surface area contributed by atoms with Gasteiger partial charge >= 0.3 is 6.03 Å². The van der Waals surface area contributed by atoms with Crippen LogP contribution in [-0.4, -0.2) is 33.9 Å². The molecule has 1 saturated heterocycles. The number of amides is 4. The van der Waals surface area contributed by atoms with Gasteiger partial charge in [0.1, 0.15) is 12.2 Å². The highest BCUT2D eigenvalue weighted by molar-refractivity contribution is 6.15. The van der Waals surface area contributed by atoms with Gasteiger partial charge < -0.3 is 15.2 Å². The Balaban J connectivity index is 1.52. The van der Waals surface area contributed by atoms with E-state index in [1.54, 1.807) is 12.1 Å². The minimum atomic E-state index is -0.620. The zero-order valence-corrected chi connectivity index (χ0v) is 18.2. The van der Waals surface area contributed by atoms with Gasteiger partial charge in [0, 0.05) is 23.3 Å². The van der Waals surface area contributed by atoms with Crippen LogP contribution in [-0.2, 0) is 9.59 Å². The van der Waals surface area contributed by atoms with Crippen LogP contribution in [0.3, 0.4) is 0 Å². The molecule has 7 nitrogen and oxygen atoms in total. The van der Waals surface area contributed by atoms with Crippen LogP contribution in [0, 0.1) is 20.8 Å². The molecule has 0 saturated carbocycles. The van der Waals surface area contributed by atoms with Gasteiger partial charge in [-0.05, 0) is 68.3 Å². The lowest BCUT2D eigenvalue weighted by molar-refractivity contribution is -0.127. The van der Waals surface area contributed by atoms with Crippen LogP contribution in [0.4, 0.5) is 10.5 Å². The number of rotatable bonds is 5. The highest BCUT2D eigenvalue weighted by Gasteiger charge is 2.35. The second-order valence-electron chi connectivity index (χ2n) is 7.89. The average molecular weight is 428 g/mol. The minimum absolute atomic E-state index is 0.128. The third kappa shape index (κ3) is 4.32. The first-order valence-electron chi connectivity index (χ1n) is 10.3. The van der Waals surface area contributed by atoms with E-state index >= 15 is 0 Å². The van der Waals surface area contributed by atoms with Crippen molar-refractivity contribution in [1.82, 2.24) is 14.8 Å². The van der Waals surface area contributed by atoms with Gasteiger partial charge in [0.15, 0.2) is 0 Å². The summed E-state index contributed by atoms with van der Waals surface area (Å²) >= 11 is 0. The van der Waals surface area contributed by atoms with E-state index in [9.17, 15) is 14.4 Å². The Morgan fingerprint density at radius 3 is 2.53 bits per heavy atom. The molecule has 2 N–H and O–H groups in total. The number of imide groups is 1. The molecular weight excluding hydrogens is 404 g/mol.